The molecule has 36 heavy (non-hydrogen) atoms. The van der Waals surface area contributed by atoms with E-state index in [9.17, 15) is 35.4 Å². The molecule has 0 bridgehead atoms. The summed E-state index contributed by atoms with van der Waals surface area (Å²) in [6.07, 6.45) is -6.09. The lowest BCUT2D eigenvalue weighted by molar-refractivity contribution is -0.325. The molecule has 2 saturated heterocycles. The van der Waals surface area contributed by atoms with E-state index in [1.807, 2.05) is 13.8 Å². The standard InChI is InChI=1S/C25H34O11/c1-11(2)13-9-17-25(3,36-17)23(32)22(13)35-24-21(31)20(30)19(29)16(34-24)10-33-18(28)7-5-12-4-6-14(26)15(27)8-12/h4-8,11,13,16-17,19-24,26-27,29-32H,9-10H2,1-3H3/b7-5+/t13-,16-,17-,19-,20+,21-,22+,23+,24+,25-/m1/s1. The number of epoxide rings is 1. The second-order valence-corrected chi connectivity index (χ2v) is 10.2. The third-order valence-electron chi connectivity index (χ3n) is 7.40. The summed E-state index contributed by atoms with van der Waals surface area (Å²) in [6.45, 7) is 5.33. The van der Waals surface area contributed by atoms with Gasteiger partial charge in [0.2, 0.25) is 0 Å². The molecule has 0 aromatic heterocycles. The van der Waals surface area contributed by atoms with Crippen LogP contribution in [0.4, 0.5) is 0 Å². The van der Waals surface area contributed by atoms with Crippen molar-refractivity contribution in [1.29, 1.82) is 0 Å². The van der Waals surface area contributed by atoms with Gasteiger partial charge in [-0.3, -0.25) is 0 Å². The molecule has 3 fully saturated rings. The minimum absolute atomic E-state index is 0.0740. The van der Waals surface area contributed by atoms with Crippen LogP contribution in [0.15, 0.2) is 24.3 Å². The number of hydrogen-bond acceptors (Lipinski definition) is 11. The number of carbonyl (C=O) groups excluding carboxylic acids is 1. The summed E-state index contributed by atoms with van der Waals surface area (Å²) in [5, 5.41) is 61.1. The number of fused-ring (bicyclic) bond motifs is 1. The van der Waals surface area contributed by atoms with Gasteiger partial charge >= 0.3 is 5.97 Å². The molecule has 1 saturated carbocycles. The van der Waals surface area contributed by atoms with Crippen molar-refractivity contribution >= 4 is 12.0 Å². The van der Waals surface area contributed by atoms with E-state index < -0.39 is 61.1 Å². The highest BCUT2D eigenvalue weighted by molar-refractivity contribution is 5.87. The molecular formula is C25H34O11. The van der Waals surface area contributed by atoms with Crippen molar-refractivity contribution in [3.63, 3.8) is 0 Å². The largest absolute Gasteiger partial charge is 0.504 e. The molecule has 0 spiro atoms. The Morgan fingerprint density at radius 2 is 1.86 bits per heavy atom. The molecule has 0 radical (unpaired) electrons. The van der Waals surface area contributed by atoms with Crippen LogP contribution in [0.5, 0.6) is 11.5 Å². The molecule has 11 nitrogen and oxygen atoms in total. The van der Waals surface area contributed by atoms with Crippen LogP contribution in [-0.4, -0.2) is 97.8 Å². The van der Waals surface area contributed by atoms with Crippen LogP contribution in [0, 0.1) is 11.8 Å². The van der Waals surface area contributed by atoms with Gasteiger partial charge in [0, 0.05) is 6.08 Å². The summed E-state index contributed by atoms with van der Waals surface area (Å²) in [6, 6.07) is 4.00. The number of ether oxygens (including phenoxy) is 4. The molecule has 2 heterocycles. The van der Waals surface area contributed by atoms with Gasteiger partial charge in [-0.2, -0.15) is 0 Å². The first-order valence-corrected chi connectivity index (χ1v) is 12.0. The van der Waals surface area contributed by atoms with Gasteiger partial charge in [0.05, 0.1) is 12.2 Å². The third-order valence-corrected chi connectivity index (χ3v) is 7.40. The number of rotatable bonds is 7. The summed E-state index contributed by atoms with van der Waals surface area (Å²) < 4.78 is 22.5. The number of esters is 1. The maximum absolute atomic E-state index is 12.2. The van der Waals surface area contributed by atoms with Crippen LogP contribution in [0.1, 0.15) is 32.8 Å². The molecule has 0 amide bonds. The van der Waals surface area contributed by atoms with E-state index in [1.165, 1.54) is 24.3 Å². The van der Waals surface area contributed by atoms with Gasteiger partial charge in [0.1, 0.15) is 42.7 Å². The van der Waals surface area contributed by atoms with Gasteiger partial charge in [0.15, 0.2) is 17.8 Å². The Balaban J connectivity index is 1.39. The number of carbonyl (C=O) groups is 1. The van der Waals surface area contributed by atoms with Crippen LogP contribution in [-0.2, 0) is 23.7 Å². The quantitative estimate of drug-likeness (QED) is 0.126. The zero-order valence-corrected chi connectivity index (χ0v) is 20.3. The van der Waals surface area contributed by atoms with Crippen molar-refractivity contribution < 1.29 is 54.4 Å². The summed E-state index contributed by atoms with van der Waals surface area (Å²) >= 11 is 0. The van der Waals surface area contributed by atoms with Crippen molar-refractivity contribution in [2.75, 3.05) is 6.61 Å². The summed E-state index contributed by atoms with van der Waals surface area (Å²) in [7, 11) is 0. The maximum atomic E-state index is 12.2. The lowest BCUT2D eigenvalue weighted by atomic mass is 9.73. The van der Waals surface area contributed by atoms with Crippen molar-refractivity contribution in [2.24, 2.45) is 11.8 Å². The first-order valence-electron chi connectivity index (χ1n) is 12.0. The Morgan fingerprint density at radius 1 is 1.14 bits per heavy atom. The molecular weight excluding hydrogens is 476 g/mol. The first kappa shape index (κ1) is 26.8. The number of hydrogen-bond donors (Lipinski definition) is 6. The zero-order chi connectivity index (χ0) is 26.4. The number of aromatic hydroxyl groups is 2. The SMILES string of the molecule is CC(C)[C@H]1C[C@H]2O[C@@]2(C)[C@@H](O)[C@H]1O[C@@H]1O[C@H](COC(=O)/C=C/c2ccc(O)c(O)c2)[C@@H](O)[C@H](O)[C@H]1O. The summed E-state index contributed by atoms with van der Waals surface area (Å²) in [4.78, 5) is 12.2. The van der Waals surface area contributed by atoms with Crippen LogP contribution in [0.3, 0.4) is 0 Å². The molecule has 11 heteroatoms. The molecule has 1 aromatic carbocycles. The fourth-order valence-electron chi connectivity index (χ4n) is 4.93. The molecule has 2 aliphatic heterocycles. The Kier molecular flexibility index (Phi) is 7.63. The van der Waals surface area contributed by atoms with Gasteiger partial charge in [0.25, 0.3) is 0 Å². The number of phenols is 2. The van der Waals surface area contributed by atoms with Gasteiger partial charge < -0.3 is 49.6 Å². The zero-order valence-electron chi connectivity index (χ0n) is 20.3. The second kappa shape index (κ2) is 10.3. The van der Waals surface area contributed by atoms with Crippen LogP contribution < -0.4 is 0 Å². The van der Waals surface area contributed by atoms with E-state index in [2.05, 4.69) is 0 Å². The smallest absolute Gasteiger partial charge is 0.330 e. The predicted molar refractivity (Wildman–Crippen MR) is 124 cm³/mol. The molecule has 1 aliphatic carbocycles. The van der Waals surface area contributed by atoms with E-state index in [0.29, 0.717) is 12.0 Å². The third kappa shape index (κ3) is 5.23. The van der Waals surface area contributed by atoms with Gasteiger partial charge in [-0.05, 0) is 49.0 Å². The van der Waals surface area contributed by atoms with Gasteiger partial charge in [-0.1, -0.05) is 19.9 Å². The summed E-state index contributed by atoms with van der Waals surface area (Å²) in [5.74, 6) is -1.39. The normalized spacial score (nSPS) is 40.3. The Morgan fingerprint density at radius 3 is 2.53 bits per heavy atom. The topological polar surface area (TPSA) is 179 Å². The molecule has 0 unspecified atom stereocenters. The number of aliphatic hydroxyl groups is 4. The number of aliphatic hydroxyl groups excluding tert-OH is 4. The van der Waals surface area contributed by atoms with E-state index in [-0.39, 0.29) is 29.4 Å². The lowest BCUT2D eigenvalue weighted by Gasteiger charge is -2.45. The average Bonchev–Trinajstić information content (AvgIpc) is 3.52. The van der Waals surface area contributed by atoms with Crippen molar-refractivity contribution in [3.05, 3.63) is 29.8 Å². The maximum Gasteiger partial charge on any atom is 0.330 e. The molecule has 1 aromatic rings. The van der Waals surface area contributed by atoms with Gasteiger partial charge in [-0.15, -0.1) is 0 Å². The molecule has 4 rings (SSSR count). The fraction of sp³-hybridized carbons (Fsp3) is 0.640. The van der Waals surface area contributed by atoms with E-state index in [4.69, 9.17) is 18.9 Å². The second-order valence-electron chi connectivity index (χ2n) is 10.2. The molecule has 6 N–H and O–H groups in total. The van der Waals surface area contributed by atoms with Crippen LogP contribution in [0.2, 0.25) is 0 Å². The lowest BCUT2D eigenvalue weighted by Crippen LogP contribution is -2.62. The Hall–Kier alpha value is -2.25. The predicted octanol–water partition coefficient (Wildman–Crippen LogP) is 0.0413. The van der Waals surface area contributed by atoms with E-state index in [0.717, 1.165) is 6.08 Å². The highest BCUT2D eigenvalue weighted by atomic mass is 16.7. The van der Waals surface area contributed by atoms with E-state index >= 15 is 0 Å². The van der Waals surface area contributed by atoms with Crippen molar-refractivity contribution in [1.82, 2.24) is 0 Å². The molecule has 3 aliphatic rings. The van der Waals surface area contributed by atoms with Crippen molar-refractivity contribution in [3.8, 4) is 11.5 Å². The molecule has 10 atom stereocenters. The van der Waals surface area contributed by atoms with Crippen molar-refractivity contribution in [2.45, 2.75) is 81.8 Å². The highest BCUT2D eigenvalue weighted by Crippen LogP contribution is 2.52. The van der Waals surface area contributed by atoms with Gasteiger partial charge in [-0.25, -0.2) is 4.79 Å². The Labute approximate surface area is 208 Å². The average molecular weight is 511 g/mol. The fourth-order valence-corrected chi connectivity index (χ4v) is 4.93. The number of phenolic OH excluding ortho intramolecular Hbond substituents is 2. The van der Waals surface area contributed by atoms with Crippen LogP contribution in [0.25, 0.3) is 6.08 Å². The highest BCUT2D eigenvalue weighted by Gasteiger charge is 2.65. The van der Waals surface area contributed by atoms with Crippen LogP contribution >= 0.6 is 0 Å². The summed E-state index contributed by atoms with van der Waals surface area (Å²) in [5.41, 5.74) is -0.312. The monoisotopic (exact) mass is 510 g/mol. The number of benzene rings is 1. The minimum atomic E-state index is -1.64. The minimum Gasteiger partial charge on any atom is -0.504 e. The Bertz CT molecular complexity index is 981. The van der Waals surface area contributed by atoms with E-state index in [1.54, 1.807) is 6.92 Å². The first-order chi connectivity index (χ1) is 16.9. The molecule has 200 valence electrons.